The predicted octanol–water partition coefficient (Wildman–Crippen LogP) is 1.89. The van der Waals surface area contributed by atoms with E-state index in [1.54, 1.807) is 22.9 Å². The molecule has 2 rings (SSSR count). The fourth-order valence-corrected chi connectivity index (χ4v) is 1.47. The van der Waals surface area contributed by atoms with Crippen molar-refractivity contribution in [3.63, 3.8) is 0 Å². The minimum Gasteiger partial charge on any atom is -0.333 e. The van der Waals surface area contributed by atoms with Crippen molar-refractivity contribution in [2.75, 3.05) is 0 Å². The van der Waals surface area contributed by atoms with Gasteiger partial charge in [0.1, 0.15) is 5.49 Å². The lowest BCUT2D eigenvalue weighted by molar-refractivity contribution is -0.169. The standard InChI is InChI=1S/C11H11F3N2O/c12-11(13,14)10(17)15-9-3-1-2-6-16(9)7-8-4-5-8/h1-3,6,8H,4-5,7H2/b15-9+. The Bertz CT molecular complexity index is 486. The summed E-state index contributed by atoms with van der Waals surface area (Å²) in [7, 11) is 0. The fourth-order valence-electron chi connectivity index (χ4n) is 1.47. The summed E-state index contributed by atoms with van der Waals surface area (Å²) in [5.41, 5.74) is 0.0572. The Morgan fingerprint density at radius 3 is 2.71 bits per heavy atom. The van der Waals surface area contributed by atoms with Crippen molar-refractivity contribution in [3.05, 3.63) is 29.9 Å². The fraction of sp³-hybridized carbons (Fsp3) is 0.455. The molecule has 0 atom stereocenters. The molecule has 0 bridgehead atoms. The number of nitrogens with zero attached hydrogens (tertiary/aromatic N) is 2. The molecule has 3 nitrogen and oxygen atoms in total. The average Bonchev–Trinajstić information content (AvgIpc) is 3.03. The normalized spacial score (nSPS) is 17.2. The van der Waals surface area contributed by atoms with Gasteiger partial charge in [0.05, 0.1) is 0 Å². The highest BCUT2D eigenvalue weighted by atomic mass is 19.4. The van der Waals surface area contributed by atoms with Crippen LogP contribution in [0.5, 0.6) is 0 Å². The first-order chi connectivity index (χ1) is 7.97. The maximum Gasteiger partial charge on any atom is 0.473 e. The monoisotopic (exact) mass is 244 g/mol. The third-order valence-electron chi connectivity index (χ3n) is 2.53. The Morgan fingerprint density at radius 1 is 1.41 bits per heavy atom. The Balaban J connectivity index is 2.30. The van der Waals surface area contributed by atoms with E-state index in [4.69, 9.17) is 0 Å². The van der Waals surface area contributed by atoms with Gasteiger partial charge in [0, 0.05) is 12.7 Å². The van der Waals surface area contributed by atoms with Crippen LogP contribution in [0.25, 0.3) is 0 Å². The molecule has 1 saturated carbocycles. The predicted molar refractivity (Wildman–Crippen MR) is 53.8 cm³/mol. The third kappa shape index (κ3) is 3.18. The molecule has 6 heteroatoms. The molecule has 1 aromatic heterocycles. The summed E-state index contributed by atoms with van der Waals surface area (Å²) in [6, 6.07) is 4.68. The zero-order valence-corrected chi connectivity index (χ0v) is 8.94. The second-order valence-electron chi connectivity index (χ2n) is 4.07. The number of carbonyl (C=O) groups is 1. The van der Waals surface area contributed by atoms with Crippen LogP contribution in [-0.4, -0.2) is 16.7 Å². The first-order valence-electron chi connectivity index (χ1n) is 5.28. The van der Waals surface area contributed by atoms with Crippen LogP contribution in [-0.2, 0) is 11.3 Å². The first-order valence-corrected chi connectivity index (χ1v) is 5.28. The number of carbonyl (C=O) groups excluding carboxylic acids is 1. The van der Waals surface area contributed by atoms with Crippen LogP contribution in [0, 0.1) is 5.92 Å². The van der Waals surface area contributed by atoms with Crippen LogP contribution >= 0.6 is 0 Å². The molecule has 1 amide bonds. The Hall–Kier alpha value is -1.59. The van der Waals surface area contributed by atoms with Gasteiger partial charge in [-0.1, -0.05) is 6.07 Å². The van der Waals surface area contributed by atoms with Crippen LogP contribution in [0.4, 0.5) is 13.2 Å². The molecule has 1 aromatic rings. The van der Waals surface area contributed by atoms with E-state index in [2.05, 4.69) is 4.99 Å². The van der Waals surface area contributed by atoms with Crippen molar-refractivity contribution in [1.29, 1.82) is 0 Å². The number of rotatable bonds is 2. The van der Waals surface area contributed by atoms with E-state index in [1.807, 2.05) is 0 Å². The smallest absolute Gasteiger partial charge is 0.333 e. The number of alkyl halides is 3. The Kier molecular flexibility index (Phi) is 3.04. The van der Waals surface area contributed by atoms with Crippen molar-refractivity contribution in [2.45, 2.75) is 25.6 Å². The topological polar surface area (TPSA) is 34.4 Å². The largest absolute Gasteiger partial charge is 0.473 e. The maximum absolute atomic E-state index is 12.1. The maximum atomic E-state index is 12.1. The number of halogens is 3. The summed E-state index contributed by atoms with van der Waals surface area (Å²) >= 11 is 0. The molecule has 0 radical (unpaired) electrons. The molecule has 1 aliphatic carbocycles. The van der Waals surface area contributed by atoms with E-state index in [0.29, 0.717) is 12.5 Å². The molecular formula is C11H11F3N2O. The van der Waals surface area contributed by atoms with Crippen LogP contribution in [0.2, 0.25) is 0 Å². The number of pyridine rings is 1. The molecule has 0 unspecified atom stereocenters. The van der Waals surface area contributed by atoms with E-state index in [0.717, 1.165) is 12.8 Å². The zero-order chi connectivity index (χ0) is 12.5. The molecule has 1 aliphatic rings. The summed E-state index contributed by atoms with van der Waals surface area (Å²) in [6.07, 6.45) is -1.11. The zero-order valence-electron chi connectivity index (χ0n) is 8.94. The summed E-state index contributed by atoms with van der Waals surface area (Å²) < 4.78 is 37.9. The highest BCUT2D eigenvalue weighted by Crippen LogP contribution is 2.29. The lowest BCUT2D eigenvalue weighted by Crippen LogP contribution is -2.27. The van der Waals surface area contributed by atoms with Gasteiger partial charge >= 0.3 is 12.1 Å². The minimum atomic E-state index is -4.91. The quantitative estimate of drug-likeness (QED) is 0.782. The third-order valence-corrected chi connectivity index (χ3v) is 2.53. The molecule has 17 heavy (non-hydrogen) atoms. The highest BCUT2D eigenvalue weighted by Gasteiger charge is 2.38. The van der Waals surface area contributed by atoms with Crippen LogP contribution in [0.15, 0.2) is 29.4 Å². The number of hydrogen-bond donors (Lipinski definition) is 0. The summed E-state index contributed by atoms with van der Waals surface area (Å²) in [5, 5.41) is 0. The van der Waals surface area contributed by atoms with E-state index in [1.165, 1.54) is 6.07 Å². The Morgan fingerprint density at radius 2 is 2.12 bits per heavy atom. The van der Waals surface area contributed by atoms with Gasteiger partial charge in [-0.3, -0.25) is 4.79 Å². The molecule has 0 N–H and O–H groups in total. The number of hydrogen-bond acceptors (Lipinski definition) is 1. The van der Waals surface area contributed by atoms with Gasteiger partial charge in [-0.15, -0.1) is 0 Å². The SMILES string of the molecule is O=C(/N=c1\ccccn1CC1CC1)C(F)(F)F. The summed E-state index contributed by atoms with van der Waals surface area (Å²) in [4.78, 5) is 13.9. The molecule has 0 aliphatic heterocycles. The molecule has 1 fully saturated rings. The lowest BCUT2D eigenvalue weighted by atomic mass is 10.4. The van der Waals surface area contributed by atoms with Crippen molar-refractivity contribution >= 4 is 5.91 Å². The van der Waals surface area contributed by atoms with E-state index in [9.17, 15) is 18.0 Å². The summed E-state index contributed by atoms with van der Waals surface area (Å²) in [5.74, 6) is -1.56. The lowest BCUT2D eigenvalue weighted by Gasteiger charge is -2.06. The van der Waals surface area contributed by atoms with E-state index >= 15 is 0 Å². The van der Waals surface area contributed by atoms with E-state index < -0.39 is 12.1 Å². The van der Waals surface area contributed by atoms with Crippen molar-refractivity contribution in [1.82, 2.24) is 4.57 Å². The molecule has 0 aromatic carbocycles. The van der Waals surface area contributed by atoms with Crippen molar-refractivity contribution in [3.8, 4) is 0 Å². The molecule has 92 valence electrons. The Labute approximate surface area is 95.6 Å². The van der Waals surface area contributed by atoms with Gasteiger partial charge in [0.15, 0.2) is 0 Å². The second kappa shape index (κ2) is 4.35. The number of aromatic nitrogens is 1. The van der Waals surface area contributed by atoms with Crippen molar-refractivity contribution in [2.24, 2.45) is 10.9 Å². The number of amides is 1. The van der Waals surface area contributed by atoms with Gasteiger partial charge in [0.25, 0.3) is 0 Å². The highest BCUT2D eigenvalue weighted by molar-refractivity contribution is 5.82. The van der Waals surface area contributed by atoms with Gasteiger partial charge in [-0.2, -0.15) is 18.2 Å². The minimum absolute atomic E-state index is 0.0572. The average molecular weight is 244 g/mol. The van der Waals surface area contributed by atoms with Gasteiger partial charge in [0.2, 0.25) is 0 Å². The molecule has 0 saturated heterocycles. The molecule has 1 heterocycles. The van der Waals surface area contributed by atoms with Gasteiger partial charge < -0.3 is 4.57 Å². The van der Waals surface area contributed by atoms with Crippen LogP contribution in [0.1, 0.15) is 12.8 Å². The van der Waals surface area contributed by atoms with E-state index in [-0.39, 0.29) is 5.49 Å². The van der Waals surface area contributed by atoms with Crippen LogP contribution < -0.4 is 5.49 Å². The first kappa shape index (κ1) is 11.9. The van der Waals surface area contributed by atoms with Crippen molar-refractivity contribution < 1.29 is 18.0 Å². The summed E-state index contributed by atoms with van der Waals surface area (Å²) in [6.45, 7) is 0.616. The van der Waals surface area contributed by atoms with Gasteiger partial charge in [-0.05, 0) is 30.9 Å². The van der Waals surface area contributed by atoms with Gasteiger partial charge in [-0.25, -0.2) is 0 Å². The molecular weight excluding hydrogens is 233 g/mol. The molecule has 0 spiro atoms. The second-order valence-corrected chi connectivity index (χ2v) is 4.07. The van der Waals surface area contributed by atoms with Crippen LogP contribution in [0.3, 0.4) is 0 Å².